The van der Waals surface area contributed by atoms with E-state index in [2.05, 4.69) is 41.2 Å². The Morgan fingerprint density at radius 1 is 1.06 bits per heavy atom. The molecule has 0 bridgehead atoms. The second kappa shape index (κ2) is 4.44. The van der Waals surface area contributed by atoms with Crippen LogP contribution in [0, 0.1) is 13.8 Å². The van der Waals surface area contributed by atoms with Crippen LogP contribution >= 0.6 is 0 Å². The summed E-state index contributed by atoms with van der Waals surface area (Å²) < 4.78 is 0. The van der Waals surface area contributed by atoms with E-state index in [1.807, 2.05) is 26.1 Å². The molecule has 1 aromatic heterocycles. The number of rotatable bonds is 2. The van der Waals surface area contributed by atoms with Gasteiger partial charge < -0.3 is 0 Å². The van der Waals surface area contributed by atoms with Crippen molar-refractivity contribution >= 4 is 0 Å². The van der Waals surface area contributed by atoms with Gasteiger partial charge in [0.05, 0.1) is 17.1 Å². The minimum Gasteiger partial charge on any atom is -0.258 e. The Morgan fingerprint density at radius 2 is 1.75 bits per heavy atom. The number of hydrogen-bond donors (Lipinski definition) is 0. The molecule has 0 amide bonds. The van der Waals surface area contributed by atoms with Crippen LogP contribution in [0.1, 0.15) is 35.5 Å². The Hall–Kier alpha value is -1.70. The highest BCUT2D eigenvalue weighted by Gasteiger charge is 2.12. The number of benzene rings is 1. The molecule has 0 spiro atoms. The first kappa shape index (κ1) is 10.8. The molecule has 2 aromatic rings. The maximum absolute atomic E-state index is 4.59. The molecule has 2 rings (SSSR count). The summed E-state index contributed by atoms with van der Waals surface area (Å²) in [6, 6.07) is 10.4. The molecule has 1 unspecified atom stereocenters. The van der Waals surface area contributed by atoms with Crippen LogP contribution in [0.15, 0.2) is 36.5 Å². The molecule has 0 fully saturated rings. The lowest BCUT2D eigenvalue weighted by atomic mass is 9.96. The van der Waals surface area contributed by atoms with Crippen LogP contribution in [0.4, 0.5) is 0 Å². The van der Waals surface area contributed by atoms with Gasteiger partial charge in [-0.2, -0.15) is 0 Å². The Kier molecular flexibility index (Phi) is 3.00. The fourth-order valence-electron chi connectivity index (χ4n) is 1.87. The molecular formula is C14H16N2. The van der Waals surface area contributed by atoms with E-state index in [1.165, 1.54) is 5.56 Å². The van der Waals surface area contributed by atoms with Gasteiger partial charge in [0.2, 0.25) is 0 Å². The van der Waals surface area contributed by atoms with Gasteiger partial charge in [0, 0.05) is 12.1 Å². The minimum absolute atomic E-state index is 0.300. The van der Waals surface area contributed by atoms with E-state index in [4.69, 9.17) is 0 Å². The zero-order chi connectivity index (χ0) is 11.5. The third-order valence-corrected chi connectivity index (χ3v) is 2.82. The molecule has 1 heterocycles. The fourth-order valence-corrected chi connectivity index (χ4v) is 1.87. The van der Waals surface area contributed by atoms with Gasteiger partial charge in [-0.3, -0.25) is 9.97 Å². The minimum atomic E-state index is 0.300. The topological polar surface area (TPSA) is 25.8 Å². The summed E-state index contributed by atoms with van der Waals surface area (Å²) in [5.41, 5.74) is 4.35. The van der Waals surface area contributed by atoms with Crippen LogP contribution in [0.5, 0.6) is 0 Å². The lowest BCUT2D eigenvalue weighted by Crippen LogP contribution is -2.04. The number of aryl methyl sites for hydroxylation is 2. The molecule has 0 aliphatic heterocycles. The van der Waals surface area contributed by atoms with Crippen molar-refractivity contribution in [2.45, 2.75) is 26.7 Å². The largest absolute Gasteiger partial charge is 0.258 e. The van der Waals surface area contributed by atoms with E-state index < -0.39 is 0 Å². The standard InChI is InChI=1S/C14H16N2/c1-10-9-15-12(3)14(16-10)11(2)13-7-5-4-6-8-13/h4-9,11H,1-3H3. The molecule has 0 aliphatic rings. The Bertz CT molecular complexity index is 477. The van der Waals surface area contributed by atoms with Crippen LogP contribution in [-0.2, 0) is 0 Å². The van der Waals surface area contributed by atoms with Crippen molar-refractivity contribution in [1.82, 2.24) is 9.97 Å². The average molecular weight is 212 g/mol. The molecule has 1 atom stereocenters. The molecule has 0 aliphatic carbocycles. The summed E-state index contributed by atoms with van der Waals surface area (Å²) in [7, 11) is 0. The first-order valence-electron chi connectivity index (χ1n) is 5.53. The van der Waals surface area contributed by atoms with Crippen LogP contribution in [-0.4, -0.2) is 9.97 Å². The molecule has 0 saturated carbocycles. The summed E-state index contributed by atoms with van der Waals surface area (Å²) in [4.78, 5) is 8.95. The van der Waals surface area contributed by atoms with Crippen molar-refractivity contribution < 1.29 is 0 Å². The van der Waals surface area contributed by atoms with Crippen LogP contribution in [0.2, 0.25) is 0 Å². The summed E-state index contributed by atoms with van der Waals surface area (Å²) in [6.45, 7) is 6.17. The van der Waals surface area contributed by atoms with Gasteiger partial charge in [0.25, 0.3) is 0 Å². The molecule has 2 nitrogen and oxygen atoms in total. The van der Waals surface area contributed by atoms with Crippen LogP contribution in [0.25, 0.3) is 0 Å². The van der Waals surface area contributed by atoms with Crippen molar-refractivity contribution in [3.05, 3.63) is 59.2 Å². The molecule has 2 heteroatoms. The van der Waals surface area contributed by atoms with Gasteiger partial charge in [-0.15, -0.1) is 0 Å². The SMILES string of the molecule is Cc1cnc(C)c(C(C)c2ccccc2)n1. The molecular weight excluding hydrogens is 196 g/mol. The molecule has 82 valence electrons. The summed E-state index contributed by atoms with van der Waals surface area (Å²) in [6.07, 6.45) is 1.82. The highest BCUT2D eigenvalue weighted by Crippen LogP contribution is 2.23. The number of nitrogens with zero attached hydrogens (tertiary/aromatic N) is 2. The normalized spacial score (nSPS) is 12.4. The second-order valence-electron chi connectivity index (χ2n) is 4.11. The predicted octanol–water partition coefficient (Wildman–Crippen LogP) is 3.25. The van der Waals surface area contributed by atoms with Crippen molar-refractivity contribution in [3.63, 3.8) is 0 Å². The Labute approximate surface area is 96.4 Å². The Morgan fingerprint density at radius 3 is 2.44 bits per heavy atom. The van der Waals surface area contributed by atoms with Gasteiger partial charge in [-0.1, -0.05) is 37.3 Å². The zero-order valence-corrected chi connectivity index (χ0v) is 9.94. The molecule has 1 aromatic carbocycles. The first-order valence-corrected chi connectivity index (χ1v) is 5.53. The molecule has 16 heavy (non-hydrogen) atoms. The smallest absolute Gasteiger partial charge is 0.0690 e. The van der Waals surface area contributed by atoms with Gasteiger partial charge in [0.15, 0.2) is 0 Å². The van der Waals surface area contributed by atoms with E-state index in [0.29, 0.717) is 5.92 Å². The van der Waals surface area contributed by atoms with Crippen LogP contribution in [0.3, 0.4) is 0 Å². The molecule has 0 N–H and O–H groups in total. The van der Waals surface area contributed by atoms with E-state index in [-0.39, 0.29) is 0 Å². The van der Waals surface area contributed by atoms with Gasteiger partial charge >= 0.3 is 0 Å². The van der Waals surface area contributed by atoms with Crippen molar-refractivity contribution in [3.8, 4) is 0 Å². The molecule has 0 saturated heterocycles. The second-order valence-corrected chi connectivity index (χ2v) is 4.11. The predicted molar refractivity (Wildman–Crippen MR) is 65.5 cm³/mol. The van der Waals surface area contributed by atoms with Gasteiger partial charge in [-0.25, -0.2) is 0 Å². The average Bonchev–Trinajstić information content (AvgIpc) is 2.32. The summed E-state index contributed by atoms with van der Waals surface area (Å²) in [5.74, 6) is 0.300. The van der Waals surface area contributed by atoms with Crippen LogP contribution < -0.4 is 0 Å². The van der Waals surface area contributed by atoms with Gasteiger partial charge in [0.1, 0.15) is 0 Å². The summed E-state index contributed by atoms with van der Waals surface area (Å²) in [5, 5.41) is 0. The number of hydrogen-bond acceptors (Lipinski definition) is 2. The van der Waals surface area contributed by atoms with E-state index in [1.54, 1.807) is 0 Å². The lowest BCUT2D eigenvalue weighted by molar-refractivity contribution is 0.825. The summed E-state index contributed by atoms with van der Waals surface area (Å²) >= 11 is 0. The van der Waals surface area contributed by atoms with Crippen molar-refractivity contribution in [2.75, 3.05) is 0 Å². The van der Waals surface area contributed by atoms with Gasteiger partial charge in [-0.05, 0) is 19.4 Å². The third kappa shape index (κ3) is 2.11. The maximum atomic E-state index is 4.59. The Balaban J connectivity index is 2.41. The quantitative estimate of drug-likeness (QED) is 0.763. The maximum Gasteiger partial charge on any atom is 0.0690 e. The monoisotopic (exact) mass is 212 g/mol. The fraction of sp³-hybridized carbons (Fsp3) is 0.286. The zero-order valence-electron chi connectivity index (χ0n) is 9.94. The van der Waals surface area contributed by atoms with Crippen molar-refractivity contribution in [1.29, 1.82) is 0 Å². The third-order valence-electron chi connectivity index (χ3n) is 2.82. The highest BCUT2D eigenvalue weighted by atomic mass is 14.8. The lowest BCUT2D eigenvalue weighted by Gasteiger charge is -2.13. The van der Waals surface area contributed by atoms with Crippen molar-refractivity contribution in [2.24, 2.45) is 0 Å². The van der Waals surface area contributed by atoms with E-state index >= 15 is 0 Å². The first-order chi connectivity index (χ1) is 7.68. The number of aromatic nitrogens is 2. The van der Waals surface area contributed by atoms with E-state index in [0.717, 1.165) is 17.1 Å². The van der Waals surface area contributed by atoms with E-state index in [9.17, 15) is 0 Å². The molecule has 0 radical (unpaired) electrons. The highest BCUT2D eigenvalue weighted by molar-refractivity contribution is 5.29.